The molecule has 0 atom stereocenters. The van der Waals surface area contributed by atoms with Gasteiger partial charge in [-0.25, -0.2) is 9.97 Å². The van der Waals surface area contributed by atoms with E-state index in [2.05, 4.69) is 39.5 Å². The van der Waals surface area contributed by atoms with Crippen LogP contribution in [0.4, 0.5) is 0 Å². The summed E-state index contributed by atoms with van der Waals surface area (Å²) < 4.78 is 8.24. The van der Waals surface area contributed by atoms with Crippen molar-refractivity contribution in [3.8, 4) is 45.0 Å². The van der Waals surface area contributed by atoms with Crippen molar-refractivity contribution >= 4 is 93.9 Å². The fraction of sp³-hybridized carbons (Fsp3) is 0.100. The Morgan fingerprint density at radius 1 is 0.295 bits per heavy atom. The first-order valence-corrected chi connectivity index (χ1v) is 32.8. The van der Waals surface area contributed by atoms with Crippen LogP contribution in [-0.4, -0.2) is 104 Å². The quantitative estimate of drug-likeness (QED) is 0.0219. The van der Waals surface area contributed by atoms with Gasteiger partial charge in [0.15, 0.2) is 51.0 Å². The van der Waals surface area contributed by atoms with Crippen molar-refractivity contribution in [3.05, 3.63) is 286 Å². The van der Waals surface area contributed by atoms with Crippen molar-refractivity contribution in [1.29, 1.82) is 0 Å². The predicted octanol–water partition coefficient (Wildman–Crippen LogP) is 7.18. The van der Waals surface area contributed by atoms with Crippen LogP contribution in [-0.2, 0) is 62.4 Å². The molecule has 0 saturated heterocycles. The molecule has 13 rings (SSSR count). The number of aliphatic carboxylic acids is 4. The normalized spacial score (nSPS) is 11.3. The summed E-state index contributed by atoms with van der Waals surface area (Å²) >= 11 is 0. The minimum Gasteiger partial charge on any atom is -0.656 e. The van der Waals surface area contributed by atoms with Crippen molar-refractivity contribution in [2.75, 3.05) is 26.2 Å². The van der Waals surface area contributed by atoms with Crippen molar-refractivity contribution in [2.24, 2.45) is 0 Å². The Hall–Kier alpha value is -13.6. The molecule has 0 spiro atoms. The molecule has 9 heterocycles. The third kappa shape index (κ3) is 16.6. The van der Waals surface area contributed by atoms with Crippen LogP contribution in [0, 0.1) is 0 Å². The molecule has 8 N–H and O–H groups in total. The number of carbonyl (C=O) groups is 8. The molecular formula is C80H64FeN12O12+4. The second-order valence-electron chi connectivity index (χ2n) is 24.3. The van der Waals surface area contributed by atoms with E-state index in [0.717, 1.165) is 22.3 Å². The summed E-state index contributed by atoms with van der Waals surface area (Å²) in [5.41, 5.74) is 14.2. The molecule has 105 heavy (non-hydrogen) atoms. The van der Waals surface area contributed by atoms with Gasteiger partial charge in [0, 0.05) is 93.0 Å². The third-order valence-corrected chi connectivity index (χ3v) is 17.3. The van der Waals surface area contributed by atoms with Crippen molar-refractivity contribution in [3.63, 3.8) is 0 Å². The van der Waals surface area contributed by atoms with Gasteiger partial charge in [0.2, 0.25) is 22.8 Å². The van der Waals surface area contributed by atoms with Gasteiger partial charge in [0.1, 0.15) is 26.2 Å². The molecule has 24 nitrogen and oxygen atoms in total. The molecule has 8 bridgehead atoms. The molecule has 2 aliphatic rings. The molecule has 0 unspecified atom stereocenters. The van der Waals surface area contributed by atoms with Gasteiger partial charge < -0.3 is 51.7 Å². The largest absolute Gasteiger partial charge is 2.00 e. The number of aromatic nitrogens is 8. The number of nitrogens with zero attached hydrogens (tertiary/aromatic N) is 8. The summed E-state index contributed by atoms with van der Waals surface area (Å²) in [6.45, 7) is -0.899. The fourth-order valence-electron chi connectivity index (χ4n) is 12.4. The number of pyridine rings is 4. The zero-order valence-corrected chi connectivity index (χ0v) is 56.8. The summed E-state index contributed by atoms with van der Waals surface area (Å²) in [5.74, 6) is -6.80. The van der Waals surface area contributed by atoms with Crippen molar-refractivity contribution < 1.29 is 94.1 Å². The Morgan fingerprint density at radius 2 is 0.505 bits per heavy atom. The average molecular weight is 1440 g/mol. The van der Waals surface area contributed by atoms with E-state index in [0.29, 0.717) is 116 Å². The zero-order valence-electron chi connectivity index (χ0n) is 55.7. The molecule has 0 saturated carbocycles. The minimum atomic E-state index is -1.17. The summed E-state index contributed by atoms with van der Waals surface area (Å²) in [6, 6.07) is 58.8. The maximum absolute atomic E-state index is 13.0. The predicted molar refractivity (Wildman–Crippen MR) is 381 cm³/mol. The van der Waals surface area contributed by atoms with E-state index in [-0.39, 0.29) is 39.3 Å². The average Bonchev–Trinajstić information content (AvgIpc) is 1.59. The van der Waals surface area contributed by atoms with Crippen LogP contribution in [0.5, 0.6) is 0 Å². The standard InChI is InChI=1S/C80H62N12O12.Fe/c93-69(94)41-81-77(101)53-21-13-49(14-22-53)45-89-37-5-1-9-65(89)73-57-29-31-59(85-57)74(66-10-2-6-38-90(66)46-50-15-23-54(24-16-50)78(102)82-42-70(95)96)61-33-35-63(87-61)76(68-12-4-8-40-92(68)48-52-19-27-56(28-20-52)80(104)84-44-72(99)100)64-36-34-62(88-64)75(60-32-30-58(73)86-60)67-11-3-7-39-91(67)47-51-17-25-55(26-18-51)79(103)83-43-71(97)98;/h1-40H,41-48H2,(H6-3,81,82,83,84,85,86,87,88,93,94,95,96,97,98,99,100,101,102,103,104);/q;+2/p+2. The molecule has 4 amide bonds. The van der Waals surface area contributed by atoms with E-state index >= 15 is 0 Å². The summed E-state index contributed by atoms with van der Waals surface area (Å²) in [7, 11) is 0. The smallest absolute Gasteiger partial charge is 0.656 e. The molecule has 7 aromatic heterocycles. The Morgan fingerprint density at radius 3 is 0.705 bits per heavy atom. The van der Waals surface area contributed by atoms with Crippen LogP contribution in [0.3, 0.4) is 0 Å². The minimum absolute atomic E-state index is 0. The molecule has 4 aromatic carbocycles. The first-order valence-electron chi connectivity index (χ1n) is 32.8. The van der Waals surface area contributed by atoms with Gasteiger partial charge in [-0.3, -0.25) is 38.4 Å². The number of fused-ring (bicyclic) bond motifs is 8. The number of carboxylic acids is 4. The van der Waals surface area contributed by atoms with E-state index in [9.17, 15) is 58.8 Å². The van der Waals surface area contributed by atoms with Crippen LogP contribution >= 0.6 is 0 Å². The number of rotatable bonds is 24. The molecule has 520 valence electrons. The van der Waals surface area contributed by atoms with Gasteiger partial charge in [0.25, 0.3) is 23.6 Å². The molecule has 25 heteroatoms. The maximum Gasteiger partial charge on any atom is 2.00 e. The molecule has 0 aliphatic carbocycles. The molecule has 11 aromatic rings. The topological polar surface area (TPSA) is 335 Å². The number of nitrogens with one attached hydrogen (secondary N) is 4. The molecule has 0 radical (unpaired) electrons. The Balaban J connectivity index is 0.0000104. The van der Waals surface area contributed by atoms with E-state index in [1.807, 2.05) is 195 Å². The third-order valence-electron chi connectivity index (χ3n) is 17.3. The van der Waals surface area contributed by atoms with Gasteiger partial charge >= 0.3 is 40.9 Å². The number of hydrogen-bond acceptors (Lipinski definition) is 10. The Labute approximate surface area is 609 Å². The second kappa shape index (κ2) is 31.9. The van der Waals surface area contributed by atoms with Gasteiger partial charge in [-0.05, 0) is 97.1 Å². The van der Waals surface area contributed by atoms with E-state index in [1.165, 1.54) is 0 Å². The fourth-order valence-corrected chi connectivity index (χ4v) is 12.4. The first-order chi connectivity index (χ1) is 50.5. The number of carboxylic acid groups (broad SMARTS) is 4. The van der Waals surface area contributed by atoms with E-state index < -0.39 is 73.7 Å². The maximum atomic E-state index is 13.0. The van der Waals surface area contributed by atoms with E-state index in [4.69, 9.17) is 19.9 Å². The number of carbonyl (C=O) groups excluding carboxylic acids is 4. The van der Waals surface area contributed by atoms with Crippen LogP contribution in [0.1, 0.15) is 86.5 Å². The number of amides is 4. The number of hydrogen-bond donors (Lipinski definition) is 8. The zero-order chi connectivity index (χ0) is 72.4. The van der Waals surface area contributed by atoms with Crippen LogP contribution in [0.15, 0.2) is 219 Å². The molecular weight excluding hydrogens is 1380 g/mol. The Bertz CT molecular complexity index is 4840. The van der Waals surface area contributed by atoms with Gasteiger partial charge in [-0.1, -0.05) is 72.8 Å². The van der Waals surface area contributed by atoms with Crippen LogP contribution in [0.25, 0.3) is 91.4 Å². The van der Waals surface area contributed by atoms with Gasteiger partial charge in [-0.2, -0.15) is 18.3 Å². The molecule has 2 aliphatic heterocycles. The monoisotopic (exact) mass is 1440 g/mol. The Kier molecular flexibility index (Phi) is 21.6. The van der Waals surface area contributed by atoms with Gasteiger partial charge in [0.05, 0.1) is 45.0 Å². The summed E-state index contributed by atoms with van der Waals surface area (Å²) in [5, 5.41) is 46.6. The van der Waals surface area contributed by atoms with E-state index in [1.54, 1.807) is 48.5 Å². The first kappa shape index (κ1) is 71.2. The number of benzene rings is 4. The second-order valence-corrected chi connectivity index (χ2v) is 24.3. The molecule has 0 fully saturated rings. The summed E-state index contributed by atoms with van der Waals surface area (Å²) in [6.07, 6.45) is 15.6. The SMILES string of the molecule is O=C(O)CNC(=O)c1ccc(C[n+]2ccccc2-c2c3nc(c(-c4cccc[n+]4Cc4ccc(C(=O)NCC(=O)O)cc4)c4ccc([n-]4)c(-c4cccc[n+]4Cc4ccc(C(=O)NCC(=O)O)cc4)c4nc(c(-c5cccc[n+]5Cc5ccc(C(=O)NCC(=O)O)cc5)c5ccc2[n-]5)C=C4)C=C3)cc1.[Fe+2]. The summed E-state index contributed by atoms with van der Waals surface area (Å²) in [4.78, 5) is 120. The van der Waals surface area contributed by atoms with Crippen LogP contribution in [0.2, 0.25) is 0 Å². The van der Waals surface area contributed by atoms with Crippen molar-refractivity contribution in [1.82, 2.24) is 41.2 Å². The van der Waals surface area contributed by atoms with Crippen LogP contribution < -0.4 is 49.5 Å². The van der Waals surface area contributed by atoms with Gasteiger partial charge in [-0.15, -0.1) is 22.1 Å². The van der Waals surface area contributed by atoms with Crippen molar-refractivity contribution in [2.45, 2.75) is 26.2 Å².